The molecule has 1 aromatic heterocycles. The van der Waals surface area contributed by atoms with Gasteiger partial charge in [0.05, 0.1) is 10.4 Å². The molecule has 128 valence electrons. The fourth-order valence-electron chi connectivity index (χ4n) is 2.15. The molecule has 1 aromatic carbocycles. The molecule has 1 heterocycles. The van der Waals surface area contributed by atoms with E-state index in [-0.39, 0.29) is 18.7 Å². The number of carbonyl (C=O) groups is 2. The Morgan fingerprint density at radius 1 is 1.17 bits per heavy atom. The predicted octanol–water partition coefficient (Wildman–Crippen LogP) is 3.08. The lowest BCUT2D eigenvalue weighted by atomic mass is 10.1. The molecule has 0 aliphatic rings. The van der Waals surface area contributed by atoms with Crippen molar-refractivity contribution in [1.82, 2.24) is 10.6 Å². The molecular weight excluding hydrogens is 348 g/mol. The van der Waals surface area contributed by atoms with E-state index < -0.39 is 11.8 Å². The fourth-order valence-corrected chi connectivity index (χ4v) is 3.29. The van der Waals surface area contributed by atoms with Crippen molar-refractivity contribution < 1.29 is 14.3 Å². The van der Waals surface area contributed by atoms with Crippen molar-refractivity contribution in [2.45, 2.75) is 19.1 Å². The van der Waals surface area contributed by atoms with Gasteiger partial charge in [0.1, 0.15) is 6.10 Å². The Balaban J connectivity index is 1.86. The summed E-state index contributed by atoms with van der Waals surface area (Å²) in [5.74, 6) is -1.37. The standard InChI is InChI=1S/C17H19ClN2O3S/c1-11(12-6-4-3-5-7-12)20-17(22)16(21)19-10-13(23-2)14-8-9-15(18)24-14/h3-9,11,13H,10H2,1-2H3,(H,19,21)(H,20,22)/t11-,13-/m1/s1. The van der Waals surface area contributed by atoms with Gasteiger partial charge >= 0.3 is 11.8 Å². The number of methoxy groups -OCH3 is 1. The maximum atomic E-state index is 12.0. The minimum Gasteiger partial charge on any atom is -0.374 e. The van der Waals surface area contributed by atoms with Crippen molar-refractivity contribution in [3.63, 3.8) is 0 Å². The third-order valence-corrected chi connectivity index (χ3v) is 4.82. The maximum Gasteiger partial charge on any atom is 0.309 e. The molecule has 7 heteroatoms. The Morgan fingerprint density at radius 2 is 1.88 bits per heavy atom. The molecule has 24 heavy (non-hydrogen) atoms. The largest absolute Gasteiger partial charge is 0.374 e. The highest BCUT2D eigenvalue weighted by Gasteiger charge is 2.19. The van der Waals surface area contributed by atoms with Gasteiger partial charge in [-0.15, -0.1) is 11.3 Å². The number of hydrogen-bond donors (Lipinski definition) is 2. The molecule has 0 aliphatic carbocycles. The van der Waals surface area contributed by atoms with Crippen LogP contribution in [0.3, 0.4) is 0 Å². The fraction of sp³-hybridized carbons (Fsp3) is 0.294. The van der Waals surface area contributed by atoms with Gasteiger partial charge in [-0.2, -0.15) is 0 Å². The molecule has 0 fully saturated rings. The van der Waals surface area contributed by atoms with E-state index in [1.54, 1.807) is 13.2 Å². The Morgan fingerprint density at radius 3 is 2.46 bits per heavy atom. The lowest BCUT2D eigenvalue weighted by molar-refractivity contribution is -0.139. The van der Waals surface area contributed by atoms with E-state index in [0.717, 1.165) is 10.4 Å². The molecule has 0 bridgehead atoms. The number of carbonyl (C=O) groups excluding carboxylic acids is 2. The first-order valence-electron chi connectivity index (χ1n) is 7.43. The van der Waals surface area contributed by atoms with Crippen LogP contribution in [0, 0.1) is 0 Å². The van der Waals surface area contributed by atoms with Gasteiger partial charge in [0.2, 0.25) is 0 Å². The summed E-state index contributed by atoms with van der Waals surface area (Å²) in [6, 6.07) is 12.8. The van der Waals surface area contributed by atoms with Crippen LogP contribution in [0.2, 0.25) is 4.34 Å². The van der Waals surface area contributed by atoms with Crippen LogP contribution < -0.4 is 10.6 Å². The van der Waals surface area contributed by atoms with Crippen molar-refractivity contribution in [2.24, 2.45) is 0 Å². The van der Waals surface area contributed by atoms with Crippen LogP contribution in [-0.2, 0) is 14.3 Å². The minimum atomic E-state index is -0.692. The van der Waals surface area contributed by atoms with E-state index >= 15 is 0 Å². The molecule has 0 aliphatic heterocycles. The molecule has 0 unspecified atom stereocenters. The molecule has 5 nitrogen and oxygen atoms in total. The van der Waals surface area contributed by atoms with Crippen LogP contribution in [0.15, 0.2) is 42.5 Å². The SMILES string of the molecule is CO[C@H](CNC(=O)C(=O)N[C@H](C)c1ccccc1)c1ccc(Cl)s1. The summed E-state index contributed by atoms with van der Waals surface area (Å²) in [7, 11) is 1.54. The minimum absolute atomic E-state index is 0.194. The predicted molar refractivity (Wildman–Crippen MR) is 95.1 cm³/mol. The van der Waals surface area contributed by atoms with Crippen molar-refractivity contribution in [3.05, 3.63) is 57.2 Å². The van der Waals surface area contributed by atoms with Crippen LogP contribution in [0.25, 0.3) is 0 Å². The van der Waals surface area contributed by atoms with Crippen molar-refractivity contribution in [2.75, 3.05) is 13.7 Å². The monoisotopic (exact) mass is 366 g/mol. The third kappa shape index (κ3) is 5.06. The van der Waals surface area contributed by atoms with Gasteiger partial charge in [0.25, 0.3) is 0 Å². The van der Waals surface area contributed by atoms with Crippen molar-refractivity contribution >= 4 is 34.8 Å². The first-order valence-corrected chi connectivity index (χ1v) is 8.62. The summed E-state index contributed by atoms with van der Waals surface area (Å²) in [6.07, 6.45) is -0.342. The molecule has 2 amide bonds. The zero-order valence-corrected chi connectivity index (χ0v) is 15.0. The molecule has 2 atom stereocenters. The molecule has 0 saturated heterocycles. The highest BCUT2D eigenvalue weighted by atomic mass is 35.5. The number of nitrogens with one attached hydrogen (secondary N) is 2. The second-order valence-electron chi connectivity index (χ2n) is 5.18. The quantitative estimate of drug-likeness (QED) is 0.772. The summed E-state index contributed by atoms with van der Waals surface area (Å²) in [6.45, 7) is 2.02. The van der Waals surface area contributed by atoms with Crippen LogP contribution in [0.1, 0.15) is 29.5 Å². The van der Waals surface area contributed by atoms with E-state index in [4.69, 9.17) is 16.3 Å². The smallest absolute Gasteiger partial charge is 0.309 e. The molecule has 0 saturated carbocycles. The first kappa shape index (κ1) is 18.4. The Kier molecular flexibility index (Phi) is 6.78. The van der Waals surface area contributed by atoms with Crippen LogP contribution >= 0.6 is 22.9 Å². The second-order valence-corrected chi connectivity index (χ2v) is 6.93. The molecular formula is C17H19ClN2O3S. The number of thiophene rings is 1. The van der Waals surface area contributed by atoms with Gasteiger partial charge in [-0.25, -0.2) is 0 Å². The summed E-state index contributed by atoms with van der Waals surface area (Å²) >= 11 is 7.28. The average molecular weight is 367 g/mol. The molecule has 2 N–H and O–H groups in total. The van der Waals surface area contributed by atoms with Gasteiger partial charge in [-0.1, -0.05) is 41.9 Å². The van der Waals surface area contributed by atoms with E-state index in [1.165, 1.54) is 11.3 Å². The van der Waals surface area contributed by atoms with Gasteiger partial charge in [0.15, 0.2) is 0 Å². The van der Waals surface area contributed by atoms with Gasteiger partial charge in [0, 0.05) is 18.5 Å². The number of rotatable bonds is 6. The summed E-state index contributed by atoms with van der Waals surface area (Å²) < 4.78 is 5.98. The van der Waals surface area contributed by atoms with E-state index in [0.29, 0.717) is 4.34 Å². The van der Waals surface area contributed by atoms with Crippen LogP contribution in [0.5, 0.6) is 0 Å². The third-order valence-electron chi connectivity index (χ3n) is 3.50. The normalized spacial score (nSPS) is 13.1. The van der Waals surface area contributed by atoms with Gasteiger partial charge < -0.3 is 15.4 Å². The number of hydrogen-bond acceptors (Lipinski definition) is 4. The van der Waals surface area contributed by atoms with E-state index in [2.05, 4.69) is 10.6 Å². The molecule has 2 rings (SSSR count). The number of benzene rings is 1. The topological polar surface area (TPSA) is 67.4 Å². The molecule has 2 aromatic rings. The van der Waals surface area contributed by atoms with Gasteiger partial charge in [-0.05, 0) is 24.6 Å². The second kappa shape index (κ2) is 8.82. The van der Waals surface area contributed by atoms with Crippen molar-refractivity contribution in [3.8, 4) is 0 Å². The molecule has 0 spiro atoms. The zero-order valence-electron chi connectivity index (χ0n) is 13.4. The lowest BCUT2D eigenvalue weighted by Crippen LogP contribution is -2.42. The van der Waals surface area contributed by atoms with Crippen molar-refractivity contribution in [1.29, 1.82) is 0 Å². The maximum absolute atomic E-state index is 12.0. The zero-order chi connectivity index (χ0) is 17.5. The number of halogens is 1. The Hall–Kier alpha value is -1.89. The number of amides is 2. The Bertz CT molecular complexity index is 690. The summed E-state index contributed by atoms with van der Waals surface area (Å²) in [5, 5.41) is 5.26. The van der Waals surface area contributed by atoms with E-state index in [1.807, 2.05) is 43.3 Å². The molecule has 0 radical (unpaired) electrons. The first-order chi connectivity index (χ1) is 11.5. The van der Waals surface area contributed by atoms with E-state index in [9.17, 15) is 9.59 Å². The highest BCUT2D eigenvalue weighted by Crippen LogP contribution is 2.28. The Labute approximate surface area is 150 Å². The lowest BCUT2D eigenvalue weighted by Gasteiger charge is -2.16. The highest BCUT2D eigenvalue weighted by molar-refractivity contribution is 7.16. The van der Waals surface area contributed by atoms with Crippen LogP contribution in [-0.4, -0.2) is 25.5 Å². The van der Waals surface area contributed by atoms with Gasteiger partial charge in [-0.3, -0.25) is 9.59 Å². The number of ether oxygens (including phenoxy) is 1. The average Bonchev–Trinajstić information content (AvgIpc) is 3.02. The summed E-state index contributed by atoms with van der Waals surface area (Å²) in [4.78, 5) is 24.8. The van der Waals surface area contributed by atoms with Crippen LogP contribution in [0.4, 0.5) is 0 Å². The summed E-state index contributed by atoms with van der Waals surface area (Å²) in [5.41, 5.74) is 0.932.